The Morgan fingerprint density at radius 3 is 2.70 bits per heavy atom. The number of nitrogens with zero attached hydrogens (tertiary/aromatic N) is 1. The number of carbonyl (C=O) groups is 3. The number of thioether (sulfide) groups is 1. The molecule has 0 fully saturated rings. The molecule has 0 spiro atoms. The quantitative estimate of drug-likeness (QED) is 0.792. The summed E-state index contributed by atoms with van der Waals surface area (Å²) in [7, 11) is 0. The Morgan fingerprint density at radius 2 is 1.93 bits per heavy atom. The number of esters is 1. The highest BCUT2D eigenvalue weighted by atomic mass is 32.2. The summed E-state index contributed by atoms with van der Waals surface area (Å²) in [4.78, 5) is 38.1. The van der Waals surface area contributed by atoms with Gasteiger partial charge in [0.1, 0.15) is 6.54 Å². The van der Waals surface area contributed by atoms with Crippen LogP contribution in [0.2, 0.25) is 0 Å². The van der Waals surface area contributed by atoms with E-state index in [-0.39, 0.29) is 23.9 Å². The molecule has 27 heavy (non-hydrogen) atoms. The summed E-state index contributed by atoms with van der Waals surface area (Å²) in [6.07, 6.45) is 0. The molecule has 1 heterocycles. The van der Waals surface area contributed by atoms with Gasteiger partial charge in [0.2, 0.25) is 5.91 Å². The van der Waals surface area contributed by atoms with E-state index >= 15 is 0 Å². The number of benzene rings is 2. The molecule has 2 aromatic carbocycles. The minimum atomic E-state index is -1.11. The molecule has 1 N–H and O–H groups in total. The van der Waals surface area contributed by atoms with Crippen molar-refractivity contribution in [2.24, 2.45) is 0 Å². The van der Waals surface area contributed by atoms with Crippen LogP contribution < -0.4 is 10.2 Å². The highest BCUT2D eigenvalue weighted by molar-refractivity contribution is 8.00. The second-order valence-corrected chi connectivity index (χ2v) is 6.59. The topological polar surface area (TPSA) is 75.7 Å². The van der Waals surface area contributed by atoms with Gasteiger partial charge in [-0.2, -0.15) is 0 Å². The molecule has 3 rings (SSSR count). The zero-order chi connectivity index (χ0) is 19.4. The number of fused-ring (bicyclic) bond motifs is 1. The Kier molecular flexibility index (Phi) is 5.70. The van der Waals surface area contributed by atoms with E-state index in [9.17, 15) is 23.2 Å². The lowest BCUT2D eigenvalue weighted by Gasteiger charge is -2.27. The summed E-state index contributed by atoms with van der Waals surface area (Å²) in [6.45, 7) is -0.939. The van der Waals surface area contributed by atoms with Gasteiger partial charge in [-0.1, -0.05) is 12.1 Å². The number of anilines is 2. The molecule has 6 nitrogen and oxygen atoms in total. The van der Waals surface area contributed by atoms with E-state index in [2.05, 4.69) is 5.32 Å². The van der Waals surface area contributed by atoms with Crippen LogP contribution >= 0.6 is 11.8 Å². The normalized spacial score (nSPS) is 13.1. The van der Waals surface area contributed by atoms with E-state index in [0.717, 1.165) is 17.0 Å². The first-order valence-electron chi connectivity index (χ1n) is 7.87. The summed E-state index contributed by atoms with van der Waals surface area (Å²) in [5.41, 5.74) is 0.647. The van der Waals surface area contributed by atoms with Gasteiger partial charge in [-0.3, -0.25) is 19.3 Å². The third-order valence-corrected chi connectivity index (χ3v) is 4.71. The molecule has 1 aliphatic heterocycles. The number of nitrogens with one attached hydrogen (secondary N) is 1. The lowest BCUT2D eigenvalue weighted by molar-refractivity contribution is -0.146. The smallest absolute Gasteiger partial charge is 0.326 e. The molecule has 9 heteroatoms. The fourth-order valence-corrected chi connectivity index (χ4v) is 3.35. The first-order valence-corrected chi connectivity index (χ1v) is 8.85. The summed E-state index contributed by atoms with van der Waals surface area (Å²) in [5, 5.41) is 2.29. The molecule has 0 aliphatic carbocycles. The average molecular weight is 392 g/mol. The van der Waals surface area contributed by atoms with E-state index in [1.54, 1.807) is 12.1 Å². The second kappa shape index (κ2) is 8.17. The second-order valence-electron chi connectivity index (χ2n) is 5.57. The van der Waals surface area contributed by atoms with E-state index in [1.807, 2.05) is 12.1 Å². The maximum Gasteiger partial charge on any atom is 0.326 e. The third-order valence-electron chi connectivity index (χ3n) is 3.66. The van der Waals surface area contributed by atoms with Crippen molar-refractivity contribution in [3.8, 4) is 0 Å². The summed E-state index contributed by atoms with van der Waals surface area (Å²) in [6, 6.07) is 10.0. The number of halogens is 2. The zero-order valence-corrected chi connectivity index (χ0v) is 14.7. The van der Waals surface area contributed by atoms with Crippen molar-refractivity contribution in [2.45, 2.75) is 4.90 Å². The molecule has 1 aliphatic rings. The van der Waals surface area contributed by atoms with Crippen LogP contribution in [0.25, 0.3) is 0 Å². The fraction of sp³-hybridized carbons (Fsp3) is 0.167. The van der Waals surface area contributed by atoms with Gasteiger partial charge in [-0.25, -0.2) is 8.78 Å². The minimum absolute atomic E-state index is 0.0344. The largest absolute Gasteiger partial charge is 0.454 e. The number of hydrogen-bond acceptors (Lipinski definition) is 5. The lowest BCUT2D eigenvalue weighted by atomic mass is 10.2. The average Bonchev–Trinajstić information content (AvgIpc) is 2.65. The minimum Gasteiger partial charge on any atom is -0.454 e. The van der Waals surface area contributed by atoms with Crippen LogP contribution in [-0.2, 0) is 19.1 Å². The molecule has 2 amide bonds. The predicted octanol–water partition coefficient (Wildman–Crippen LogP) is 2.59. The fourth-order valence-electron chi connectivity index (χ4n) is 2.42. The first-order chi connectivity index (χ1) is 12.9. The number of rotatable bonds is 5. The maximum absolute atomic E-state index is 13.1. The van der Waals surface area contributed by atoms with Crippen LogP contribution in [0.4, 0.5) is 20.2 Å². The molecule has 0 saturated heterocycles. The van der Waals surface area contributed by atoms with Crippen LogP contribution in [0.1, 0.15) is 0 Å². The number of para-hydroxylation sites is 1. The van der Waals surface area contributed by atoms with Crippen LogP contribution in [0, 0.1) is 11.6 Å². The number of ether oxygens (including phenoxy) is 1. The van der Waals surface area contributed by atoms with Crippen molar-refractivity contribution in [1.82, 2.24) is 0 Å². The van der Waals surface area contributed by atoms with Crippen molar-refractivity contribution in [2.75, 3.05) is 29.1 Å². The molecule has 0 bridgehead atoms. The van der Waals surface area contributed by atoms with E-state index in [4.69, 9.17) is 4.74 Å². The Bertz CT molecular complexity index is 907. The standard InChI is InChI=1S/C18H14F2N2O4S/c19-12-6-5-11(7-13(12)20)21-16(23)9-26-18(25)8-22-14-3-1-2-4-15(14)27-10-17(22)24/h1-7H,8-10H2,(H,21,23). The van der Waals surface area contributed by atoms with E-state index in [1.165, 1.54) is 22.7 Å². The zero-order valence-electron chi connectivity index (χ0n) is 13.9. The Balaban J connectivity index is 1.54. The van der Waals surface area contributed by atoms with Crippen LogP contribution in [0.3, 0.4) is 0 Å². The summed E-state index contributed by atoms with van der Waals surface area (Å²) >= 11 is 1.38. The molecule has 0 radical (unpaired) electrons. The number of hydrogen-bond donors (Lipinski definition) is 1. The molecule has 0 saturated carbocycles. The van der Waals surface area contributed by atoms with Crippen molar-refractivity contribution in [1.29, 1.82) is 0 Å². The third kappa shape index (κ3) is 4.62. The lowest BCUT2D eigenvalue weighted by Crippen LogP contribution is -2.40. The SMILES string of the molecule is O=C(COC(=O)CN1C(=O)CSc2ccccc21)Nc1ccc(F)c(F)c1. The Labute approximate surface area is 157 Å². The highest BCUT2D eigenvalue weighted by Gasteiger charge is 2.26. The highest BCUT2D eigenvalue weighted by Crippen LogP contribution is 2.34. The van der Waals surface area contributed by atoms with Crippen molar-refractivity contribution < 1.29 is 27.9 Å². The van der Waals surface area contributed by atoms with Gasteiger partial charge < -0.3 is 10.1 Å². The van der Waals surface area contributed by atoms with Gasteiger partial charge in [0.15, 0.2) is 18.2 Å². The molecule has 2 aromatic rings. The molecule has 140 valence electrons. The van der Waals surface area contributed by atoms with Crippen LogP contribution in [0.15, 0.2) is 47.4 Å². The van der Waals surface area contributed by atoms with Crippen LogP contribution in [0.5, 0.6) is 0 Å². The van der Waals surface area contributed by atoms with Crippen molar-refractivity contribution >= 4 is 40.9 Å². The first kappa shape index (κ1) is 18.8. The molecular weight excluding hydrogens is 378 g/mol. The van der Waals surface area contributed by atoms with Crippen molar-refractivity contribution in [3.63, 3.8) is 0 Å². The monoisotopic (exact) mass is 392 g/mol. The van der Waals surface area contributed by atoms with Gasteiger partial charge in [0.25, 0.3) is 5.91 Å². The van der Waals surface area contributed by atoms with E-state index < -0.39 is 30.1 Å². The summed E-state index contributed by atoms with van der Waals surface area (Å²) < 4.78 is 30.8. The van der Waals surface area contributed by atoms with Gasteiger partial charge in [0.05, 0.1) is 11.4 Å². The number of amides is 2. The molecular formula is C18H14F2N2O4S. The summed E-state index contributed by atoms with van der Waals surface area (Å²) in [5.74, 6) is -3.64. The predicted molar refractivity (Wildman–Crippen MR) is 95.5 cm³/mol. The molecule has 0 unspecified atom stereocenters. The van der Waals surface area contributed by atoms with Gasteiger partial charge in [0, 0.05) is 16.6 Å². The van der Waals surface area contributed by atoms with Gasteiger partial charge in [-0.15, -0.1) is 11.8 Å². The van der Waals surface area contributed by atoms with Gasteiger partial charge >= 0.3 is 5.97 Å². The molecule has 0 aromatic heterocycles. The Hall–Kier alpha value is -2.94. The maximum atomic E-state index is 13.1. The van der Waals surface area contributed by atoms with Crippen molar-refractivity contribution in [3.05, 3.63) is 54.1 Å². The Morgan fingerprint density at radius 1 is 1.15 bits per heavy atom. The van der Waals surface area contributed by atoms with Gasteiger partial charge in [-0.05, 0) is 24.3 Å². The van der Waals surface area contributed by atoms with Crippen LogP contribution in [-0.4, -0.2) is 36.7 Å². The molecule has 0 atom stereocenters. The number of carbonyl (C=O) groups excluding carboxylic acids is 3. The van der Waals surface area contributed by atoms with E-state index in [0.29, 0.717) is 5.69 Å².